The van der Waals surface area contributed by atoms with Gasteiger partial charge in [-0.2, -0.15) is 11.3 Å². The predicted octanol–water partition coefficient (Wildman–Crippen LogP) is 5.59. The Kier molecular flexibility index (Phi) is 6.17. The van der Waals surface area contributed by atoms with Crippen LogP contribution in [0.15, 0.2) is 94.8 Å². The summed E-state index contributed by atoms with van der Waals surface area (Å²) in [5.41, 5.74) is 6.76. The summed E-state index contributed by atoms with van der Waals surface area (Å²) in [4.78, 5) is 31.0. The summed E-state index contributed by atoms with van der Waals surface area (Å²) < 4.78 is 0. The lowest BCUT2D eigenvalue weighted by molar-refractivity contribution is -0.131. The first kappa shape index (κ1) is 21.7. The molecule has 4 aromatic rings. The number of nitrogens with one attached hydrogen (secondary N) is 1. The largest absolute Gasteiger partial charge is 0.271 e. The highest BCUT2D eigenvalue weighted by Gasteiger charge is 2.44. The molecule has 0 aliphatic carbocycles. The van der Waals surface area contributed by atoms with Crippen LogP contribution in [0.5, 0.6) is 0 Å². The van der Waals surface area contributed by atoms with E-state index in [1.54, 1.807) is 29.8 Å². The van der Waals surface area contributed by atoms with E-state index in [-0.39, 0.29) is 11.8 Å². The van der Waals surface area contributed by atoms with Crippen LogP contribution in [0.3, 0.4) is 0 Å². The zero-order valence-corrected chi connectivity index (χ0v) is 19.6. The second-order valence-corrected chi connectivity index (χ2v) is 9.76. The van der Waals surface area contributed by atoms with Gasteiger partial charge in [0.15, 0.2) is 5.25 Å². The van der Waals surface area contributed by atoms with Crippen LogP contribution in [0.25, 0.3) is 11.1 Å². The average Bonchev–Trinajstić information content (AvgIpc) is 3.46. The molecule has 1 N–H and O–H groups in total. The Balaban J connectivity index is 1.46. The van der Waals surface area contributed by atoms with Crippen LogP contribution >= 0.6 is 34.7 Å². The molecule has 0 saturated carbocycles. The highest BCUT2D eigenvalue weighted by molar-refractivity contribution is 8.01. The van der Waals surface area contributed by atoms with Crippen molar-refractivity contribution in [2.75, 3.05) is 0 Å². The molecule has 2 amide bonds. The minimum absolute atomic E-state index is 0.292. The number of carbonyl (C=O) groups is 2. The summed E-state index contributed by atoms with van der Waals surface area (Å²) >= 11 is 8.98. The zero-order chi connectivity index (χ0) is 22.8. The van der Waals surface area contributed by atoms with Crippen LogP contribution in [0.2, 0.25) is 5.02 Å². The summed E-state index contributed by atoms with van der Waals surface area (Å²) in [5.74, 6) is -0.641. The molecule has 33 heavy (non-hydrogen) atoms. The minimum atomic E-state index is -0.901. The summed E-state index contributed by atoms with van der Waals surface area (Å²) in [5, 5.41) is 5.02. The first-order valence-corrected chi connectivity index (χ1v) is 12.4. The lowest BCUT2D eigenvalue weighted by Crippen LogP contribution is -2.39. The molecule has 0 bridgehead atoms. The summed E-state index contributed by atoms with van der Waals surface area (Å²) in [6.07, 6.45) is 3.51. The summed E-state index contributed by atoms with van der Waals surface area (Å²) in [7, 11) is 0. The van der Waals surface area contributed by atoms with Gasteiger partial charge in [0.1, 0.15) is 6.04 Å². The van der Waals surface area contributed by atoms with Gasteiger partial charge in [-0.3, -0.25) is 20.0 Å². The summed E-state index contributed by atoms with van der Waals surface area (Å²) in [6.45, 7) is 0. The van der Waals surface area contributed by atoms with Crippen molar-refractivity contribution in [3.05, 3.63) is 106 Å². The molecule has 2 aromatic carbocycles. The fraction of sp³-hybridized carbons (Fsp3) is 0.0800. The Morgan fingerprint density at radius 2 is 1.67 bits per heavy atom. The van der Waals surface area contributed by atoms with E-state index in [0.29, 0.717) is 9.92 Å². The Hall–Kier alpha value is -3.13. The lowest BCUT2D eigenvalue weighted by Gasteiger charge is -2.27. The fourth-order valence-corrected chi connectivity index (χ4v) is 5.67. The van der Waals surface area contributed by atoms with E-state index in [4.69, 9.17) is 11.6 Å². The van der Waals surface area contributed by atoms with Crippen molar-refractivity contribution >= 4 is 46.5 Å². The van der Waals surface area contributed by atoms with Gasteiger partial charge in [0, 0.05) is 17.3 Å². The number of nitrogens with zero attached hydrogens (tertiary/aromatic N) is 2. The molecular formula is C25H18ClN3O2S2. The number of hydrogen-bond donors (Lipinski definition) is 1. The van der Waals surface area contributed by atoms with Gasteiger partial charge in [0.2, 0.25) is 0 Å². The molecule has 1 saturated heterocycles. The van der Waals surface area contributed by atoms with Crippen molar-refractivity contribution in [1.82, 2.24) is 15.4 Å². The normalized spacial score (nSPS) is 16.6. The molecule has 0 radical (unpaired) electrons. The number of thioether (sulfide) groups is 1. The summed E-state index contributed by atoms with van der Waals surface area (Å²) in [6, 6.07) is 20.7. The molecule has 2 aromatic heterocycles. The van der Waals surface area contributed by atoms with Crippen molar-refractivity contribution in [2.45, 2.75) is 16.2 Å². The first-order chi connectivity index (χ1) is 16.1. The Morgan fingerprint density at radius 1 is 0.939 bits per heavy atom. The smallest absolute Gasteiger partial charge is 0.265 e. The maximum absolute atomic E-state index is 13.4. The third-order valence-corrected chi connectivity index (χ3v) is 7.77. The number of thiophene rings is 1. The van der Waals surface area contributed by atoms with Crippen molar-refractivity contribution in [3.8, 4) is 11.1 Å². The van der Waals surface area contributed by atoms with Gasteiger partial charge >= 0.3 is 0 Å². The van der Waals surface area contributed by atoms with Crippen LogP contribution in [0.1, 0.15) is 17.2 Å². The number of benzene rings is 2. The average molecular weight is 492 g/mol. The van der Waals surface area contributed by atoms with Crippen LogP contribution in [-0.2, 0) is 9.59 Å². The van der Waals surface area contributed by atoms with Gasteiger partial charge in [-0.1, -0.05) is 48.0 Å². The van der Waals surface area contributed by atoms with E-state index >= 15 is 0 Å². The quantitative estimate of drug-likeness (QED) is 0.357. The fourth-order valence-electron chi connectivity index (χ4n) is 3.76. The molecule has 5 nitrogen and oxygen atoms in total. The molecule has 3 heterocycles. The molecule has 2 unspecified atom stereocenters. The van der Waals surface area contributed by atoms with Crippen molar-refractivity contribution in [2.24, 2.45) is 0 Å². The van der Waals surface area contributed by atoms with E-state index < -0.39 is 11.3 Å². The van der Waals surface area contributed by atoms with Crippen LogP contribution in [0.4, 0.5) is 0 Å². The van der Waals surface area contributed by atoms with Gasteiger partial charge in [-0.05, 0) is 63.3 Å². The monoisotopic (exact) mass is 491 g/mol. The van der Waals surface area contributed by atoms with Crippen molar-refractivity contribution < 1.29 is 9.59 Å². The van der Waals surface area contributed by atoms with Crippen LogP contribution in [-0.4, -0.2) is 27.1 Å². The third kappa shape index (κ3) is 4.39. The van der Waals surface area contributed by atoms with E-state index in [1.165, 1.54) is 16.8 Å². The number of hydrogen-bond acceptors (Lipinski definition) is 5. The van der Waals surface area contributed by atoms with E-state index in [9.17, 15) is 9.59 Å². The minimum Gasteiger partial charge on any atom is -0.271 e. The number of pyridine rings is 1. The molecule has 8 heteroatoms. The van der Waals surface area contributed by atoms with Gasteiger partial charge in [-0.25, -0.2) is 5.01 Å². The maximum Gasteiger partial charge on any atom is 0.265 e. The Morgan fingerprint density at radius 3 is 2.36 bits per heavy atom. The van der Waals surface area contributed by atoms with Gasteiger partial charge in [0.25, 0.3) is 11.8 Å². The highest BCUT2D eigenvalue weighted by Crippen LogP contribution is 2.37. The molecular weight excluding hydrogens is 474 g/mol. The standard InChI is InChI=1S/C25H18ClN3O2S2/c26-20-3-1-2-4-21(20)33-23-24(30)28-29(25(23)31)22(19-11-14-32-15-19)18-7-5-16(6-8-18)17-9-12-27-13-10-17/h1-15,22-23H,(H,28,30). The molecule has 164 valence electrons. The van der Waals surface area contributed by atoms with E-state index in [2.05, 4.69) is 10.4 Å². The number of hydrazine groups is 1. The maximum atomic E-state index is 13.4. The lowest BCUT2D eigenvalue weighted by atomic mass is 9.97. The predicted molar refractivity (Wildman–Crippen MR) is 132 cm³/mol. The van der Waals surface area contributed by atoms with Gasteiger partial charge in [-0.15, -0.1) is 11.8 Å². The zero-order valence-electron chi connectivity index (χ0n) is 17.2. The van der Waals surface area contributed by atoms with E-state index in [0.717, 1.165) is 22.3 Å². The Labute approximate surface area is 204 Å². The Bertz CT molecular complexity index is 1280. The SMILES string of the molecule is O=C1NN(C(c2ccc(-c3ccncc3)cc2)c2ccsc2)C(=O)C1Sc1ccccc1Cl. The molecule has 2 atom stereocenters. The van der Waals surface area contributed by atoms with Crippen LogP contribution < -0.4 is 5.43 Å². The topological polar surface area (TPSA) is 62.3 Å². The second kappa shape index (κ2) is 9.39. The van der Waals surface area contributed by atoms with Crippen molar-refractivity contribution in [1.29, 1.82) is 0 Å². The number of aromatic nitrogens is 1. The van der Waals surface area contributed by atoms with Crippen molar-refractivity contribution in [3.63, 3.8) is 0 Å². The molecule has 1 aliphatic rings. The number of amides is 2. The molecule has 1 fully saturated rings. The molecule has 5 rings (SSSR count). The second-order valence-electron chi connectivity index (χ2n) is 7.43. The van der Waals surface area contributed by atoms with Gasteiger partial charge in [0.05, 0.1) is 5.02 Å². The van der Waals surface area contributed by atoms with Gasteiger partial charge < -0.3 is 0 Å². The van der Waals surface area contributed by atoms with Crippen LogP contribution in [0, 0.1) is 0 Å². The number of carbonyl (C=O) groups excluding carboxylic acids is 2. The first-order valence-electron chi connectivity index (χ1n) is 10.2. The molecule has 0 spiro atoms. The third-order valence-electron chi connectivity index (χ3n) is 5.37. The molecule has 1 aliphatic heterocycles. The number of rotatable bonds is 6. The van der Waals surface area contributed by atoms with E-state index in [1.807, 2.05) is 71.4 Å². The highest BCUT2D eigenvalue weighted by atomic mass is 35.5. The number of halogens is 1.